The molecule has 0 atom stereocenters. The number of aryl methyl sites for hydroxylation is 1. The van der Waals surface area contributed by atoms with Crippen LogP contribution in [0, 0.1) is 6.92 Å². The Morgan fingerprint density at radius 2 is 2.05 bits per heavy atom. The predicted octanol–water partition coefficient (Wildman–Crippen LogP) is 3.49. The number of nitrogens with zero attached hydrogens (tertiary/aromatic N) is 2. The number of carbonyl (C=O) groups excluding carboxylic acids is 1. The summed E-state index contributed by atoms with van der Waals surface area (Å²) in [6.45, 7) is 13.3. The van der Waals surface area contributed by atoms with E-state index in [2.05, 4.69) is 68.3 Å². The van der Waals surface area contributed by atoms with Crippen LogP contribution in [-0.4, -0.2) is 24.2 Å². The molecule has 1 aromatic carbocycles. The summed E-state index contributed by atoms with van der Waals surface area (Å²) in [5, 5.41) is 3.99. The molecule has 1 N–H and O–H groups in total. The molecule has 1 aromatic rings. The minimum atomic E-state index is -0.165. The molecule has 0 bridgehead atoms. The van der Waals surface area contributed by atoms with E-state index >= 15 is 0 Å². The number of anilines is 1. The molecule has 0 saturated carbocycles. The molecule has 1 aliphatic heterocycles. The zero-order chi connectivity index (χ0) is 16.5. The lowest BCUT2D eigenvalue weighted by Crippen LogP contribution is -2.45. The molecule has 1 heterocycles. The lowest BCUT2D eigenvalue weighted by molar-refractivity contribution is -0.118. The second kappa shape index (κ2) is 5.95. The number of fused-ring (bicyclic) bond motifs is 1. The van der Waals surface area contributed by atoms with Gasteiger partial charge in [-0.2, -0.15) is 5.10 Å². The third kappa shape index (κ3) is 3.06. The topological polar surface area (TPSA) is 44.7 Å². The standard InChI is InChI=1S/C18H25N3O/c1-7-21-17-8-12(2)15(11-19-20-14(4)22)9-16(17)13(3)10-18(21,5)6/h8-11H,7H2,1-6H3,(H,20,22)/b19-11+. The molecule has 22 heavy (non-hydrogen) atoms. The van der Waals surface area contributed by atoms with E-state index < -0.39 is 0 Å². The van der Waals surface area contributed by atoms with Gasteiger partial charge in [-0.25, -0.2) is 5.43 Å². The monoisotopic (exact) mass is 299 g/mol. The van der Waals surface area contributed by atoms with Crippen molar-refractivity contribution in [2.45, 2.75) is 47.1 Å². The molecule has 0 radical (unpaired) electrons. The lowest BCUT2D eigenvalue weighted by Gasteiger charge is -2.43. The molecule has 0 saturated heterocycles. The molecule has 0 unspecified atom stereocenters. The molecule has 118 valence electrons. The number of hydrazone groups is 1. The highest BCUT2D eigenvalue weighted by Crippen LogP contribution is 2.39. The highest BCUT2D eigenvalue weighted by atomic mass is 16.2. The molecular formula is C18H25N3O. The van der Waals surface area contributed by atoms with E-state index in [9.17, 15) is 4.79 Å². The van der Waals surface area contributed by atoms with E-state index in [0.717, 1.165) is 17.7 Å². The highest BCUT2D eigenvalue weighted by Gasteiger charge is 2.30. The van der Waals surface area contributed by atoms with Crippen LogP contribution in [0.2, 0.25) is 0 Å². The van der Waals surface area contributed by atoms with Crippen LogP contribution in [0.1, 0.15) is 51.3 Å². The van der Waals surface area contributed by atoms with Crippen molar-refractivity contribution >= 4 is 23.4 Å². The van der Waals surface area contributed by atoms with Crippen LogP contribution in [0.4, 0.5) is 5.69 Å². The van der Waals surface area contributed by atoms with Crippen molar-refractivity contribution in [3.05, 3.63) is 34.9 Å². The fourth-order valence-corrected chi connectivity index (χ4v) is 3.15. The van der Waals surface area contributed by atoms with Gasteiger partial charge in [0.1, 0.15) is 0 Å². The van der Waals surface area contributed by atoms with Gasteiger partial charge in [0.15, 0.2) is 0 Å². The van der Waals surface area contributed by atoms with E-state index in [-0.39, 0.29) is 11.4 Å². The number of likely N-dealkylation sites (N-methyl/N-ethyl adjacent to an activating group) is 1. The van der Waals surface area contributed by atoms with Crippen molar-refractivity contribution < 1.29 is 4.79 Å². The van der Waals surface area contributed by atoms with E-state index in [0.29, 0.717) is 0 Å². The van der Waals surface area contributed by atoms with Crippen molar-refractivity contribution in [2.75, 3.05) is 11.4 Å². The largest absolute Gasteiger partial charge is 0.363 e. The number of rotatable bonds is 3. The zero-order valence-corrected chi connectivity index (χ0v) is 14.3. The summed E-state index contributed by atoms with van der Waals surface area (Å²) in [6.07, 6.45) is 4.02. The van der Waals surface area contributed by atoms with E-state index in [1.54, 1.807) is 6.21 Å². The summed E-state index contributed by atoms with van der Waals surface area (Å²) in [5.74, 6) is -0.165. The average Bonchev–Trinajstić information content (AvgIpc) is 2.39. The van der Waals surface area contributed by atoms with Crippen molar-refractivity contribution in [1.82, 2.24) is 5.43 Å². The van der Waals surface area contributed by atoms with Gasteiger partial charge in [-0.1, -0.05) is 6.08 Å². The van der Waals surface area contributed by atoms with Gasteiger partial charge in [0, 0.05) is 24.7 Å². The summed E-state index contributed by atoms with van der Waals surface area (Å²) in [5.41, 5.74) is 8.42. The summed E-state index contributed by atoms with van der Waals surface area (Å²) in [4.78, 5) is 13.3. The maximum Gasteiger partial charge on any atom is 0.236 e. The maximum absolute atomic E-state index is 10.9. The summed E-state index contributed by atoms with van der Waals surface area (Å²) < 4.78 is 0. The molecule has 4 nitrogen and oxygen atoms in total. The summed E-state index contributed by atoms with van der Waals surface area (Å²) in [7, 11) is 0. The van der Waals surface area contributed by atoms with Gasteiger partial charge in [0.05, 0.1) is 11.8 Å². The van der Waals surface area contributed by atoms with Gasteiger partial charge in [0.2, 0.25) is 5.91 Å². The first kappa shape index (κ1) is 16.3. The molecular weight excluding hydrogens is 274 g/mol. The van der Waals surface area contributed by atoms with Crippen LogP contribution in [0.5, 0.6) is 0 Å². The number of carbonyl (C=O) groups is 1. The smallest absolute Gasteiger partial charge is 0.236 e. The van der Waals surface area contributed by atoms with Crippen LogP contribution < -0.4 is 10.3 Å². The normalized spacial score (nSPS) is 16.5. The third-order valence-electron chi connectivity index (χ3n) is 4.11. The Kier molecular flexibility index (Phi) is 4.40. The quantitative estimate of drug-likeness (QED) is 0.686. The first-order valence-corrected chi connectivity index (χ1v) is 7.68. The first-order valence-electron chi connectivity index (χ1n) is 7.68. The van der Waals surface area contributed by atoms with Gasteiger partial charge >= 0.3 is 0 Å². The molecule has 0 aromatic heterocycles. The second-order valence-electron chi connectivity index (χ2n) is 6.38. The molecule has 1 amide bonds. The third-order valence-corrected chi connectivity index (χ3v) is 4.11. The van der Waals surface area contributed by atoms with E-state index in [1.807, 2.05) is 0 Å². The number of hydrogen-bond acceptors (Lipinski definition) is 3. The Morgan fingerprint density at radius 3 is 2.64 bits per heavy atom. The minimum Gasteiger partial charge on any atom is -0.363 e. The van der Waals surface area contributed by atoms with Gasteiger partial charge in [-0.05, 0) is 63.5 Å². The highest BCUT2D eigenvalue weighted by molar-refractivity contribution is 5.90. The summed E-state index contributed by atoms with van der Waals surface area (Å²) >= 11 is 0. The Labute approximate surface area is 132 Å². The molecule has 0 fully saturated rings. The molecule has 0 spiro atoms. The Balaban J connectivity index is 2.49. The van der Waals surface area contributed by atoms with Gasteiger partial charge in [0.25, 0.3) is 0 Å². The van der Waals surface area contributed by atoms with Crippen LogP contribution in [0.3, 0.4) is 0 Å². The van der Waals surface area contributed by atoms with Crippen LogP contribution >= 0.6 is 0 Å². The molecule has 1 aliphatic rings. The number of amides is 1. The average molecular weight is 299 g/mol. The molecule has 0 aliphatic carbocycles. The van der Waals surface area contributed by atoms with E-state index in [4.69, 9.17) is 0 Å². The zero-order valence-electron chi connectivity index (χ0n) is 14.3. The SMILES string of the molecule is CCN1c2cc(C)c(/C=N/NC(C)=O)cc2C(C)=CC1(C)C. The summed E-state index contributed by atoms with van der Waals surface area (Å²) in [6, 6.07) is 4.37. The molecule has 4 heteroatoms. The van der Waals surface area contributed by atoms with Crippen LogP contribution in [0.25, 0.3) is 5.57 Å². The van der Waals surface area contributed by atoms with Gasteiger partial charge < -0.3 is 4.90 Å². The van der Waals surface area contributed by atoms with E-state index in [1.165, 1.54) is 23.7 Å². The molecule has 2 rings (SSSR count). The lowest BCUT2D eigenvalue weighted by atomic mass is 9.87. The number of hydrogen-bond donors (Lipinski definition) is 1. The Bertz CT molecular complexity index is 657. The number of nitrogens with one attached hydrogen (secondary N) is 1. The maximum atomic E-state index is 10.9. The second-order valence-corrected chi connectivity index (χ2v) is 6.38. The van der Waals surface area contributed by atoms with Crippen LogP contribution in [-0.2, 0) is 4.79 Å². The van der Waals surface area contributed by atoms with Gasteiger partial charge in [-0.3, -0.25) is 4.79 Å². The van der Waals surface area contributed by atoms with Crippen molar-refractivity contribution in [3.63, 3.8) is 0 Å². The minimum absolute atomic E-state index is 0.0179. The predicted molar refractivity (Wildman–Crippen MR) is 93.3 cm³/mol. The Hall–Kier alpha value is -2.10. The number of allylic oxidation sites excluding steroid dienone is 1. The number of benzene rings is 1. The van der Waals surface area contributed by atoms with Crippen molar-refractivity contribution in [2.24, 2.45) is 5.10 Å². The Morgan fingerprint density at radius 1 is 1.36 bits per heavy atom. The fraction of sp³-hybridized carbons (Fsp3) is 0.444. The first-order chi connectivity index (χ1) is 10.3. The van der Waals surface area contributed by atoms with Crippen molar-refractivity contribution in [3.8, 4) is 0 Å². The van der Waals surface area contributed by atoms with Crippen molar-refractivity contribution in [1.29, 1.82) is 0 Å². The fourth-order valence-electron chi connectivity index (χ4n) is 3.15. The van der Waals surface area contributed by atoms with Crippen LogP contribution in [0.15, 0.2) is 23.3 Å². The van der Waals surface area contributed by atoms with Gasteiger partial charge in [-0.15, -0.1) is 0 Å².